The number of aliphatic hydroxyl groups excluding tert-OH is 1. The molecule has 0 aromatic heterocycles. The summed E-state index contributed by atoms with van der Waals surface area (Å²) >= 11 is 1.74. The molecule has 0 saturated heterocycles. The Kier molecular flexibility index (Phi) is 4.98. The summed E-state index contributed by atoms with van der Waals surface area (Å²) in [7, 11) is 0. The maximum atomic E-state index is 12.8. The van der Waals surface area contributed by atoms with Gasteiger partial charge < -0.3 is 5.11 Å². The first-order valence-electron chi connectivity index (χ1n) is 4.69. The van der Waals surface area contributed by atoms with Gasteiger partial charge in [0, 0.05) is 17.6 Å². The second-order valence-corrected chi connectivity index (χ2v) is 4.69. The van der Waals surface area contributed by atoms with E-state index in [9.17, 15) is 4.39 Å². The molecule has 0 radical (unpaired) electrons. The molecule has 0 aliphatic carbocycles. The van der Waals surface area contributed by atoms with E-state index in [-0.39, 0.29) is 12.4 Å². The quantitative estimate of drug-likeness (QED) is 0.813. The van der Waals surface area contributed by atoms with E-state index in [1.165, 1.54) is 6.07 Å². The van der Waals surface area contributed by atoms with Crippen LogP contribution in [0, 0.1) is 5.82 Å². The smallest absolute Gasteiger partial charge is 0.123 e. The van der Waals surface area contributed by atoms with Crippen LogP contribution in [0.3, 0.4) is 0 Å². The Labute approximate surface area is 88.3 Å². The van der Waals surface area contributed by atoms with Crippen LogP contribution in [0.2, 0.25) is 0 Å². The second kappa shape index (κ2) is 6.04. The largest absolute Gasteiger partial charge is 0.396 e. The highest BCUT2D eigenvalue weighted by Crippen LogP contribution is 2.19. The molecular weight excluding hydrogens is 199 g/mol. The summed E-state index contributed by atoms with van der Waals surface area (Å²) in [6.07, 6.45) is 0.792. The van der Waals surface area contributed by atoms with E-state index in [1.807, 2.05) is 6.07 Å². The number of hydrogen-bond acceptors (Lipinski definition) is 2. The van der Waals surface area contributed by atoms with Crippen molar-refractivity contribution in [3.8, 4) is 0 Å². The summed E-state index contributed by atoms with van der Waals surface area (Å²) < 4.78 is 12.8. The van der Waals surface area contributed by atoms with E-state index in [0.717, 1.165) is 17.7 Å². The van der Waals surface area contributed by atoms with Crippen molar-refractivity contribution in [3.05, 3.63) is 35.6 Å². The van der Waals surface area contributed by atoms with Gasteiger partial charge in [0.1, 0.15) is 5.82 Å². The molecule has 0 bridgehead atoms. The Bertz CT molecular complexity index is 278. The second-order valence-electron chi connectivity index (χ2n) is 3.26. The van der Waals surface area contributed by atoms with Crippen LogP contribution < -0.4 is 0 Å². The minimum absolute atomic E-state index is 0.182. The molecule has 1 unspecified atom stereocenters. The Hall–Kier alpha value is -0.540. The first-order valence-corrected chi connectivity index (χ1v) is 5.74. The van der Waals surface area contributed by atoms with Gasteiger partial charge in [-0.3, -0.25) is 0 Å². The van der Waals surface area contributed by atoms with E-state index in [1.54, 1.807) is 23.9 Å². The average molecular weight is 214 g/mol. The van der Waals surface area contributed by atoms with Crippen LogP contribution in [0.25, 0.3) is 0 Å². The van der Waals surface area contributed by atoms with Gasteiger partial charge >= 0.3 is 0 Å². The third-order valence-corrected chi connectivity index (χ3v) is 3.26. The van der Waals surface area contributed by atoms with Gasteiger partial charge in [-0.1, -0.05) is 19.1 Å². The normalized spacial score (nSPS) is 12.8. The minimum Gasteiger partial charge on any atom is -0.396 e. The zero-order valence-corrected chi connectivity index (χ0v) is 9.06. The number of halogens is 1. The van der Waals surface area contributed by atoms with Crippen molar-refractivity contribution in [2.75, 3.05) is 6.61 Å². The molecule has 14 heavy (non-hydrogen) atoms. The molecule has 1 aromatic carbocycles. The predicted molar refractivity (Wildman–Crippen MR) is 58.9 cm³/mol. The molecule has 0 aliphatic heterocycles. The Morgan fingerprint density at radius 1 is 1.50 bits per heavy atom. The van der Waals surface area contributed by atoms with Gasteiger partial charge in [0.2, 0.25) is 0 Å². The molecule has 1 N–H and O–H groups in total. The van der Waals surface area contributed by atoms with Crippen LogP contribution in [0.5, 0.6) is 0 Å². The molecule has 1 nitrogen and oxygen atoms in total. The van der Waals surface area contributed by atoms with Crippen molar-refractivity contribution in [2.45, 2.75) is 24.3 Å². The zero-order chi connectivity index (χ0) is 10.4. The van der Waals surface area contributed by atoms with Gasteiger partial charge in [-0.25, -0.2) is 4.39 Å². The molecule has 0 amide bonds. The van der Waals surface area contributed by atoms with Crippen molar-refractivity contribution in [2.24, 2.45) is 0 Å². The molecule has 0 saturated carbocycles. The van der Waals surface area contributed by atoms with Crippen LogP contribution in [-0.4, -0.2) is 17.0 Å². The van der Waals surface area contributed by atoms with Crippen LogP contribution in [0.1, 0.15) is 18.9 Å². The molecule has 78 valence electrons. The summed E-state index contributed by atoms with van der Waals surface area (Å²) in [4.78, 5) is 0. The lowest BCUT2D eigenvalue weighted by molar-refractivity contribution is 0.289. The van der Waals surface area contributed by atoms with Crippen LogP contribution in [0.4, 0.5) is 4.39 Å². The summed E-state index contributed by atoms with van der Waals surface area (Å²) in [5.41, 5.74) is 1.000. The number of thioether (sulfide) groups is 1. The van der Waals surface area contributed by atoms with E-state index in [0.29, 0.717) is 5.25 Å². The van der Waals surface area contributed by atoms with E-state index in [4.69, 9.17) is 5.11 Å². The molecule has 3 heteroatoms. The molecule has 0 heterocycles. The van der Waals surface area contributed by atoms with Crippen molar-refractivity contribution < 1.29 is 9.50 Å². The van der Waals surface area contributed by atoms with E-state index in [2.05, 4.69) is 6.92 Å². The van der Waals surface area contributed by atoms with Crippen molar-refractivity contribution in [3.63, 3.8) is 0 Å². The molecule has 1 atom stereocenters. The van der Waals surface area contributed by atoms with Crippen LogP contribution in [0.15, 0.2) is 24.3 Å². The Balaban J connectivity index is 2.37. The first-order chi connectivity index (χ1) is 6.72. The first kappa shape index (κ1) is 11.5. The number of hydrogen-bond donors (Lipinski definition) is 1. The molecule has 1 rings (SSSR count). The standard InChI is InChI=1S/C11H15FOS/c1-9(5-6-13)14-8-10-3-2-4-11(12)7-10/h2-4,7,9,13H,5-6,8H2,1H3. The number of benzene rings is 1. The lowest BCUT2D eigenvalue weighted by Gasteiger charge is -2.08. The third-order valence-electron chi connectivity index (χ3n) is 1.96. The maximum absolute atomic E-state index is 12.8. The average Bonchev–Trinajstić information content (AvgIpc) is 2.15. The molecule has 1 aromatic rings. The highest BCUT2D eigenvalue weighted by Gasteiger charge is 2.02. The van der Waals surface area contributed by atoms with Gasteiger partial charge in [-0.2, -0.15) is 11.8 Å². The molecule has 0 spiro atoms. The SMILES string of the molecule is CC(CCO)SCc1cccc(F)c1. The van der Waals surface area contributed by atoms with Gasteiger partial charge in [0.15, 0.2) is 0 Å². The van der Waals surface area contributed by atoms with Crippen molar-refractivity contribution in [1.29, 1.82) is 0 Å². The summed E-state index contributed by atoms with van der Waals surface area (Å²) in [5.74, 6) is 0.622. The van der Waals surface area contributed by atoms with Gasteiger partial charge in [0.25, 0.3) is 0 Å². The van der Waals surface area contributed by atoms with Crippen LogP contribution >= 0.6 is 11.8 Å². The molecule has 0 fully saturated rings. The lowest BCUT2D eigenvalue weighted by Crippen LogP contribution is -1.99. The minimum atomic E-state index is -0.182. The van der Waals surface area contributed by atoms with Crippen molar-refractivity contribution in [1.82, 2.24) is 0 Å². The fourth-order valence-electron chi connectivity index (χ4n) is 1.13. The Morgan fingerprint density at radius 3 is 2.93 bits per heavy atom. The fourth-order valence-corrected chi connectivity index (χ4v) is 2.06. The number of aliphatic hydroxyl groups is 1. The maximum Gasteiger partial charge on any atom is 0.123 e. The summed E-state index contributed by atoms with van der Waals surface area (Å²) in [5, 5.41) is 9.12. The lowest BCUT2D eigenvalue weighted by atomic mass is 10.2. The van der Waals surface area contributed by atoms with E-state index < -0.39 is 0 Å². The predicted octanol–water partition coefficient (Wildman–Crippen LogP) is 2.83. The van der Waals surface area contributed by atoms with Crippen molar-refractivity contribution >= 4 is 11.8 Å². The monoisotopic (exact) mass is 214 g/mol. The highest BCUT2D eigenvalue weighted by molar-refractivity contribution is 7.99. The number of rotatable bonds is 5. The highest BCUT2D eigenvalue weighted by atomic mass is 32.2. The van der Waals surface area contributed by atoms with Crippen LogP contribution in [-0.2, 0) is 5.75 Å². The third kappa shape index (κ3) is 4.11. The molecular formula is C11H15FOS. The van der Waals surface area contributed by atoms with Gasteiger partial charge in [0.05, 0.1) is 0 Å². The van der Waals surface area contributed by atoms with Gasteiger partial charge in [-0.15, -0.1) is 0 Å². The zero-order valence-electron chi connectivity index (χ0n) is 8.24. The topological polar surface area (TPSA) is 20.2 Å². The van der Waals surface area contributed by atoms with E-state index >= 15 is 0 Å². The summed E-state index contributed by atoms with van der Waals surface area (Å²) in [6.45, 7) is 2.29. The fraction of sp³-hybridized carbons (Fsp3) is 0.455. The van der Waals surface area contributed by atoms with Gasteiger partial charge in [-0.05, 0) is 24.1 Å². The summed E-state index contributed by atoms with van der Waals surface area (Å²) in [6, 6.07) is 6.65. The molecule has 0 aliphatic rings. The Morgan fingerprint density at radius 2 is 2.29 bits per heavy atom.